The molecular formula is C12H19N3O3. The number of nitrogens with one attached hydrogen (secondary N) is 1. The van der Waals surface area contributed by atoms with Crippen molar-refractivity contribution in [2.45, 2.75) is 19.1 Å². The lowest BCUT2D eigenvalue weighted by Gasteiger charge is -2.19. The Kier molecular flexibility index (Phi) is 5.06. The van der Waals surface area contributed by atoms with Crippen molar-refractivity contribution >= 4 is 11.7 Å². The highest BCUT2D eigenvalue weighted by Crippen LogP contribution is 2.17. The Morgan fingerprint density at radius 2 is 2.11 bits per heavy atom. The Labute approximate surface area is 106 Å². The van der Waals surface area contributed by atoms with E-state index < -0.39 is 12.2 Å². The van der Waals surface area contributed by atoms with Gasteiger partial charge in [0.2, 0.25) is 5.91 Å². The number of rotatable bonds is 5. The number of nitrogens with zero attached hydrogens (tertiary/aromatic N) is 2. The van der Waals surface area contributed by atoms with Crippen LogP contribution in [0.15, 0.2) is 18.3 Å². The molecule has 2 atom stereocenters. The Bertz CT molecular complexity index is 392. The van der Waals surface area contributed by atoms with E-state index in [4.69, 9.17) is 0 Å². The summed E-state index contributed by atoms with van der Waals surface area (Å²) in [6.07, 6.45) is -0.613. The second-order valence-electron chi connectivity index (χ2n) is 4.29. The Morgan fingerprint density at radius 3 is 2.56 bits per heavy atom. The third kappa shape index (κ3) is 3.97. The molecule has 0 saturated carbocycles. The fourth-order valence-corrected chi connectivity index (χ4v) is 1.42. The van der Waals surface area contributed by atoms with Crippen LogP contribution in [0.5, 0.6) is 0 Å². The van der Waals surface area contributed by atoms with Gasteiger partial charge >= 0.3 is 0 Å². The van der Waals surface area contributed by atoms with Crippen LogP contribution in [0.1, 0.15) is 18.6 Å². The Hall–Kier alpha value is -1.66. The maximum absolute atomic E-state index is 10.7. The van der Waals surface area contributed by atoms with E-state index in [2.05, 4.69) is 10.3 Å². The topological polar surface area (TPSA) is 85.7 Å². The van der Waals surface area contributed by atoms with E-state index >= 15 is 0 Å². The van der Waals surface area contributed by atoms with E-state index in [9.17, 15) is 15.0 Å². The summed E-state index contributed by atoms with van der Waals surface area (Å²) in [6, 6.07) is 3.45. The van der Waals surface area contributed by atoms with Crippen LogP contribution >= 0.6 is 0 Å². The second kappa shape index (κ2) is 6.32. The van der Waals surface area contributed by atoms with Crippen molar-refractivity contribution in [3.63, 3.8) is 0 Å². The third-order valence-electron chi connectivity index (χ3n) is 2.50. The summed E-state index contributed by atoms with van der Waals surface area (Å²) in [6.45, 7) is 1.36. The molecule has 18 heavy (non-hydrogen) atoms. The predicted molar refractivity (Wildman–Crippen MR) is 68.2 cm³/mol. The molecule has 2 unspecified atom stereocenters. The number of anilines is 1. The van der Waals surface area contributed by atoms with Crippen LogP contribution < -0.4 is 10.2 Å². The summed E-state index contributed by atoms with van der Waals surface area (Å²) in [4.78, 5) is 16.7. The molecule has 6 nitrogen and oxygen atoms in total. The van der Waals surface area contributed by atoms with E-state index in [1.54, 1.807) is 12.1 Å². The SMILES string of the molecule is CC(=O)NCC(O)C(O)c1ccc(N(C)C)nc1. The van der Waals surface area contributed by atoms with Crippen LogP contribution in [0.4, 0.5) is 5.82 Å². The minimum absolute atomic E-state index is 0.00588. The summed E-state index contributed by atoms with van der Waals surface area (Å²) in [7, 11) is 3.73. The molecule has 0 bridgehead atoms. The molecule has 1 aromatic rings. The molecule has 0 aliphatic rings. The van der Waals surface area contributed by atoms with Crippen molar-refractivity contribution in [1.82, 2.24) is 10.3 Å². The average molecular weight is 253 g/mol. The second-order valence-corrected chi connectivity index (χ2v) is 4.29. The van der Waals surface area contributed by atoms with E-state index in [1.807, 2.05) is 19.0 Å². The number of aliphatic hydroxyl groups excluding tert-OH is 2. The first kappa shape index (κ1) is 14.4. The fourth-order valence-electron chi connectivity index (χ4n) is 1.42. The van der Waals surface area contributed by atoms with Crippen LogP contribution in [-0.2, 0) is 4.79 Å². The van der Waals surface area contributed by atoms with Crippen LogP contribution in [0, 0.1) is 0 Å². The van der Waals surface area contributed by atoms with Crippen LogP contribution in [0.25, 0.3) is 0 Å². The highest BCUT2D eigenvalue weighted by molar-refractivity contribution is 5.72. The Morgan fingerprint density at radius 1 is 1.44 bits per heavy atom. The van der Waals surface area contributed by atoms with Crippen LogP contribution in [-0.4, -0.2) is 47.8 Å². The van der Waals surface area contributed by atoms with Gasteiger partial charge in [-0.3, -0.25) is 4.79 Å². The molecule has 0 aliphatic carbocycles. The molecule has 1 heterocycles. The van der Waals surface area contributed by atoms with Gasteiger partial charge in [-0.2, -0.15) is 0 Å². The lowest BCUT2D eigenvalue weighted by atomic mass is 10.1. The fraction of sp³-hybridized carbons (Fsp3) is 0.500. The lowest BCUT2D eigenvalue weighted by Crippen LogP contribution is -2.34. The van der Waals surface area contributed by atoms with Gasteiger partial charge in [0, 0.05) is 39.3 Å². The standard InChI is InChI=1S/C12H19N3O3/c1-8(16)13-7-10(17)12(18)9-4-5-11(14-6-9)15(2)3/h4-6,10,12,17-18H,7H2,1-3H3,(H,13,16). The molecule has 3 N–H and O–H groups in total. The first-order valence-electron chi connectivity index (χ1n) is 5.65. The van der Waals surface area contributed by atoms with Gasteiger partial charge in [0.25, 0.3) is 0 Å². The van der Waals surface area contributed by atoms with Crippen molar-refractivity contribution in [3.05, 3.63) is 23.9 Å². The first-order valence-corrected chi connectivity index (χ1v) is 5.65. The van der Waals surface area contributed by atoms with Crippen molar-refractivity contribution in [2.75, 3.05) is 25.5 Å². The zero-order valence-electron chi connectivity index (χ0n) is 10.8. The van der Waals surface area contributed by atoms with Gasteiger partial charge in [0.1, 0.15) is 18.0 Å². The van der Waals surface area contributed by atoms with E-state index in [-0.39, 0.29) is 12.5 Å². The summed E-state index contributed by atoms with van der Waals surface area (Å²) < 4.78 is 0. The van der Waals surface area contributed by atoms with Gasteiger partial charge in [-0.25, -0.2) is 4.98 Å². The molecule has 1 aromatic heterocycles. The molecule has 0 saturated heterocycles. The monoisotopic (exact) mass is 253 g/mol. The number of amides is 1. The highest BCUT2D eigenvalue weighted by Gasteiger charge is 2.18. The lowest BCUT2D eigenvalue weighted by molar-refractivity contribution is -0.119. The minimum atomic E-state index is -1.07. The number of pyridine rings is 1. The van der Waals surface area contributed by atoms with E-state index in [1.165, 1.54) is 13.1 Å². The normalized spacial score (nSPS) is 13.8. The van der Waals surface area contributed by atoms with Crippen LogP contribution in [0.2, 0.25) is 0 Å². The number of aliphatic hydroxyl groups is 2. The molecule has 0 aromatic carbocycles. The number of carbonyl (C=O) groups excluding carboxylic acids is 1. The molecule has 0 fully saturated rings. The molecule has 0 aliphatic heterocycles. The number of hydrogen-bond donors (Lipinski definition) is 3. The molecule has 1 amide bonds. The van der Waals surface area contributed by atoms with Gasteiger partial charge in [-0.1, -0.05) is 6.07 Å². The maximum atomic E-state index is 10.7. The van der Waals surface area contributed by atoms with Gasteiger partial charge in [0.15, 0.2) is 0 Å². The van der Waals surface area contributed by atoms with Gasteiger partial charge in [0.05, 0.1) is 0 Å². The quantitative estimate of drug-likeness (QED) is 0.669. The zero-order valence-corrected chi connectivity index (χ0v) is 10.8. The average Bonchev–Trinajstić information content (AvgIpc) is 2.35. The first-order chi connectivity index (χ1) is 8.41. The van der Waals surface area contributed by atoms with Crippen LogP contribution in [0.3, 0.4) is 0 Å². The van der Waals surface area contributed by atoms with Gasteiger partial charge in [-0.15, -0.1) is 0 Å². The molecule has 0 spiro atoms. The molecule has 1 rings (SSSR count). The number of hydrogen-bond acceptors (Lipinski definition) is 5. The smallest absolute Gasteiger partial charge is 0.216 e. The highest BCUT2D eigenvalue weighted by atomic mass is 16.3. The largest absolute Gasteiger partial charge is 0.388 e. The Balaban J connectivity index is 2.65. The molecule has 6 heteroatoms. The summed E-state index contributed by atoms with van der Waals surface area (Å²) in [5, 5.41) is 22.0. The third-order valence-corrected chi connectivity index (χ3v) is 2.50. The zero-order chi connectivity index (χ0) is 13.7. The minimum Gasteiger partial charge on any atom is -0.388 e. The van der Waals surface area contributed by atoms with Crippen molar-refractivity contribution in [3.8, 4) is 0 Å². The van der Waals surface area contributed by atoms with E-state index in [0.717, 1.165) is 5.82 Å². The summed E-state index contributed by atoms with van der Waals surface area (Å²) in [5.41, 5.74) is 0.512. The predicted octanol–water partition coefficient (Wildman–Crippen LogP) is -0.322. The maximum Gasteiger partial charge on any atom is 0.216 e. The number of carbonyl (C=O) groups is 1. The van der Waals surface area contributed by atoms with E-state index in [0.29, 0.717) is 5.56 Å². The summed E-state index contributed by atoms with van der Waals surface area (Å²) in [5.74, 6) is 0.518. The summed E-state index contributed by atoms with van der Waals surface area (Å²) >= 11 is 0. The van der Waals surface area contributed by atoms with Crippen molar-refractivity contribution in [2.24, 2.45) is 0 Å². The van der Waals surface area contributed by atoms with Gasteiger partial charge in [-0.05, 0) is 6.07 Å². The molecule has 100 valence electrons. The molecular weight excluding hydrogens is 234 g/mol. The number of aromatic nitrogens is 1. The van der Waals surface area contributed by atoms with Gasteiger partial charge < -0.3 is 20.4 Å². The molecule has 0 radical (unpaired) electrons. The van der Waals surface area contributed by atoms with Crippen molar-refractivity contribution in [1.29, 1.82) is 0 Å². The van der Waals surface area contributed by atoms with Crippen molar-refractivity contribution < 1.29 is 15.0 Å².